The summed E-state index contributed by atoms with van der Waals surface area (Å²) >= 11 is 0. The van der Waals surface area contributed by atoms with Crippen LogP contribution in [0.5, 0.6) is 5.75 Å². The molecule has 1 unspecified atom stereocenters. The summed E-state index contributed by atoms with van der Waals surface area (Å²) in [6.45, 7) is 1.43. The normalized spacial score (nSPS) is 16.1. The molecule has 3 aromatic carbocycles. The van der Waals surface area contributed by atoms with Gasteiger partial charge in [-0.2, -0.15) is 5.10 Å². The van der Waals surface area contributed by atoms with Crippen LogP contribution >= 0.6 is 0 Å². The average molecular weight is 436 g/mol. The lowest BCUT2D eigenvalue weighted by Crippen LogP contribution is -2.24. The number of rotatable bonds is 5. The average Bonchev–Trinajstić information content (AvgIpc) is 3.20. The molecule has 31 heavy (non-hydrogen) atoms. The van der Waals surface area contributed by atoms with Gasteiger partial charge in [-0.3, -0.25) is 9.52 Å². The second-order valence-corrected chi connectivity index (χ2v) is 8.87. The smallest absolute Gasteiger partial charge is 0.261 e. The molecule has 2 N–H and O–H groups in total. The van der Waals surface area contributed by atoms with Gasteiger partial charge in [-0.05, 0) is 35.9 Å². The van der Waals surface area contributed by atoms with E-state index in [0.29, 0.717) is 23.4 Å². The van der Waals surface area contributed by atoms with Crippen LogP contribution in [0.3, 0.4) is 0 Å². The molecule has 7 nitrogen and oxygen atoms in total. The van der Waals surface area contributed by atoms with Gasteiger partial charge in [0.25, 0.3) is 10.0 Å². The van der Waals surface area contributed by atoms with E-state index < -0.39 is 16.1 Å². The first-order valence-electron chi connectivity index (χ1n) is 9.68. The third-order valence-corrected chi connectivity index (χ3v) is 6.45. The lowest BCUT2D eigenvalue weighted by Gasteiger charge is -2.21. The third kappa shape index (κ3) is 4.29. The maximum atomic E-state index is 12.5. The van der Waals surface area contributed by atoms with Gasteiger partial charge in [0.2, 0.25) is 5.91 Å². The summed E-state index contributed by atoms with van der Waals surface area (Å²) in [6.07, 6.45) is 0.437. The van der Waals surface area contributed by atoms with Crippen LogP contribution in [0.2, 0.25) is 0 Å². The minimum absolute atomic E-state index is 0.112. The van der Waals surface area contributed by atoms with Crippen LogP contribution in [0.1, 0.15) is 30.5 Å². The molecular formula is C23H21N3O4S. The molecule has 0 bridgehead atoms. The Kier molecular flexibility index (Phi) is 5.48. The van der Waals surface area contributed by atoms with Crippen LogP contribution in [0, 0.1) is 0 Å². The number of aromatic hydroxyl groups is 1. The van der Waals surface area contributed by atoms with Gasteiger partial charge in [-0.25, -0.2) is 13.4 Å². The van der Waals surface area contributed by atoms with Crippen molar-refractivity contribution >= 4 is 27.3 Å². The van der Waals surface area contributed by atoms with Crippen molar-refractivity contribution in [3.05, 3.63) is 90.0 Å². The van der Waals surface area contributed by atoms with Gasteiger partial charge in [0.1, 0.15) is 5.75 Å². The van der Waals surface area contributed by atoms with E-state index in [1.54, 1.807) is 66.7 Å². The second kappa shape index (κ2) is 8.23. The molecule has 1 aliphatic heterocycles. The molecule has 158 valence electrons. The lowest BCUT2D eigenvalue weighted by atomic mass is 9.97. The van der Waals surface area contributed by atoms with Crippen LogP contribution in [0.25, 0.3) is 0 Å². The molecular weight excluding hydrogens is 414 g/mol. The monoisotopic (exact) mass is 435 g/mol. The highest BCUT2D eigenvalue weighted by Crippen LogP contribution is 2.37. The van der Waals surface area contributed by atoms with Crippen LogP contribution in [0.4, 0.5) is 5.69 Å². The number of benzene rings is 3. The molecule has 8 heteroatoms. The molecule has 0 saturated carbocycles. The zero-order valence-electron chi connectivity index (χ0n) is 16.8. The highest BCUT2D eigenvalue weighted by atomic mass is 32.2. The number of amides is 1. The summed E-state index contributed by atoms with van der Waals surface area (Å²) < 4.78 is 27.5. The first-order chi connectivity index (χ1) is 14.8. The highest BCUT2D eigenvalue weighted by molar-refractivity contribution is 7.92. The van der Waals surface area contributed by atoms with Gasteiger partial charge in [0.05, 0.1) is 16.6 Å². The van der Waals surface area contributed by atoms with E-state index in [4.69, 9.17) is 0 Å². The number of phenols is 1. The van der Waals surface area contributed by atoms with Gasteiger partial charge in [0, 0.05) is 24.6 Å². The summed E-state index contributed by atoms with van der Waals surface area (Å²) in [5.74, 6) is -0.114. The largest absolute Gasteiger partial charge is 0.508 e. The molecule has 1 amide bonds. The summed E-state index contributed by atoms with van der Waals surface area (Å²) in [6, 6.07) is 21.5. The predicted molar refractivity (Wildman–Crippen MR) is 118 cm³/mol. The highest BCUT2D eigenvalue weighted by Gasteiger charge is 2.32. The number of hydrogen-bond donors (Lipinski definition) is 2. The third-order valence-electron chi connectivity index (χ3n) is 5.05. The minimum Gasteiger partial charge on any atom is -0.508 e. The Hall–Kier alpha value is -3.65. The van der Waals surface area contributed by atoms with Crippen molar-refractivity contribution < 1.29 is 18.3 Å². The Morgan fingerprint density at radius 3 is 2.29 bits per heavy atom. The van der Waals surface area contributed by atoms with E-state index >= 15 is 0 Å². The number of para-hydroxylation sites is 1. The summed E-state index contributed by atoms with van der Waals surface area (Å²) in [5, 5.41) is 16.0. The van der Waals surface area contributed by atoms with Crippen molar-refractivity contribution in [3.63, 3.8) is 0 Å². The quantitative estimate of drug-likeness (QED) is 0.635. The van der Waals surface area contributed by atoms with Crippen molar-refractivity contribution in [1.29, 1.82) is 0 Å². The summed E-state index contributed by atoms with van der Waals surface area (Å²) in [4.78, 5) is 12.3. The number of anilines is 1. The van der Waals surface area contributed by atoms with E-state index in [9.17, 15) is 18.3 Å². The van der Waals surface area contributed by atoms with Gasteiger partial charge in [-0.15, -0.1) is 0 Å². The molecule has 1 aliphatic rings. The molecule has 3 aromatic rings. The zero-order chi connectivity index (χ0) is 22.0. The fraction of sp³-hybridized carbons (Fsp3) is 0.130. The van der Waals surface area contributed by atoms with Crippen molar-refractivity contribution in [1.82, 2.24) is 5.01 Å². The SMILES string of the molecule is CC(=O)N1N=C(c2ccc(NS(=O)(=O)c3ccccc3)cc2)CC1c1ccccc1O. The Morgan fingerprint density at radius 1 is 1.00 bits per heavy atom. The predicted octanol–water partition coefficient (Wildman–Crippen LogP) is 3.89. The number of nitrogens with one attached hydrogen (secondary N) is 1. The van der Waals surface area contributed by atoms with Gasteiger partial charge >= 0.3 is 0 Å². The molecule has 4 rings (SSSR count). The number of sulfonamides is 1. The fourth-order valence-electron chi connectivity index (χ4n) is 3.53. The number of carbonyl (C=O) groups excluding carboxylic acids is 1. The van der Waals surface area contributed by atoms with E-state index in [2.05, 4.69) is 9.82 Å². The topological polar surface area (TPSA) is 99.1 Å². The molecule has 0 spiro atoms. The molecule has 0 aromatic heterocycles. The molecule has 1 heterocycles. The molecule has 0 aliphatic carbocycles. The maximum absolute atomic E-state index is 12.5. The van der Waals surface area contributed by atoms with E-state index in [1.807, 2.05) is 0 Å². The number of nitrogens with zero attached hydrogens (tertiary/aromatic N) is 2. The minimum atomic E-state index is -3.68. The summed E-state index contributed by atoms with van der Waals surface area (Å²) in [5.41, 5.74) is 2.50. The summed E-state index contributed by atoms with van der Waals surface area (Å²) in [7, 11) is -3.68. The fourth-order valence-corrected chi connectivity index (χ4v) is 4.61. The molecule has 0 radical (unpaired) electrons. The van der Waals surface area contributed by atoms with Crippen molar-refractivity contribution in [2.24, 2.45) is 5.10 Å². The second-order valence-electron chi connectivity index (χ2n) is 7.18. The van der Waals surface area contributed by atoms with Crippen molar-refractivity contribution in [3.8, 4) is 5.75 Å². The van der Waals surface area contributed by atoms with Gasteiger partial charge in [0.15, 0.2) is 0 Å². The van der Waals surface area contributed by atoms with Crippen LogP contribution < -0.4 is 4.72 Å². The zero-order valence-corrected chi connectivity index (χ0v) is 17.6. The standard InChI is InChI=1S/C23H21N3O4S/c1-16(27)26-22(20-9-5-6-10-23(20)28)15-21(24-26)17-11-13-18(14-12-17)25-31(29,30)19-7-3-2-4-8-19/h2-14,22,25,28H,15H2,1H3. The number of hydrazone groups is 1. The lowest BCUT2D eigenvalue weighted by molar-refractivity contribution is -0.130. The van der Waals surface area contributed by atoms with Crippen LogP contribution in [-0.4, -0.2) is 30.2 Å². The molecule has 1 atom stereocenters. The van der Waals surface area contributed by atoms with Gasteiger partial charge < -0.3 is 5.11 Å². The number of phenolic OH excluding ortho intramolecular Hbond substituents is 1. The van der Waals surface area contributed by atoms with Crippen LogP contribution in [-0.2, 0) is 14.8 Å². The molecule has 0 fully saturated rings. The van der Waals surface area contributed by atoms with Crippen molar-refractivity contribution in [2.75, 3.05) is 4.72 Å². The Labute approximate surface area is 180 Å². The molecule has 0 saturated heterocycles. The van der Waals surface area contributed by atoms with E-state index in [0.717, 1.165) is 5.56 Å². The van der Waals surface area contributed by atoms with Gasteiger partial charge in [-0.1, -0.05) is 48.5 Å². The maximum Gasteiger partial charge on any atom is 0.261 e. The Balaban J connectivity index is 1.56. The van der Waals surface area contributed by atoms with E-state index in [-0.39, 0.29) is 16.6 Å². The Morgan fingerprint density at radius 2 is 1.65 bits per heavy atom. The first-order valence-corrected chi connectivity index (χ1v) is 11.2. The van der Waals surface area contributed by atoms with Crippen molar-refractivity contribution in [2.45, 2.75) is 24.3 Å². The van der Waals surface area contributed by atoms with E-state index in [1.165, 1.54) is 24.1 Å². The van der Waals surface area contributed by atoms with Crippen LogP contribution in [0.15, 0.2) is 88.9 Å². The number of hydrogen-bond acceptors (Lipinski definition) is 5. The first kappa shape index (κ1) is 20.6. The Bertz CT molecular complexity index is 1240. The number of carbonyl (C=O) groups is 1.